The van der Waals surface area contributed by atoms with E-state index in [1.165, 1.54) is 0 Å². The van der Waals surface area contributed by atoms with Crippen molar-refractivity contribution < 1.29 is 8.42 Å². The van der Waals surface area contributed by atoms with Crippen LogP contribution in [0.3, 0.4) is 0 Å². The van der Waals surface area contributed by atoms with Gasteiger partial charge >= 0.3 is 0 Å². The zero-order valence-corrected chi connectivity index (χ0v) is 15.0. The van der Waals surface area contributed by atoms with Crippen LogP contribution in [0.2, 0.25) is 0 Å². The minimum absolute atomic E-state index is 0.0919. The average molecular weight is 352 g/mol. The van der Waals surface area contributed by atoms with Crippen LogP contribution in [-0.2, 0) is 23.6 Å². The van der Waals surface area contributed by atoms with Crippen molar-refractivity contribution in [2.75, 3.05) is 18.8 Å². The van der Waals surface area contributed by atoms with Crippen molar-refractivity contribution in [3.8, 4) is 0 Å². The highest BCUT2D eigenvalue weighted by Crippen LogP contribution is 2.27. The van der Waals surface area contributed by atoms with E-state index >= 15 is 0 Å². The highest BCUT2D eigenvalue weighted by Gasteiger charge is 2.31. The van der Waals surface area contributed by atoms with Crippen LogP contribution in [0, 0.1) is 0 Å². The Balaban J connectivity index is 1.75. The lowest BCUT2D eigenvalue weighted by Crippen LogP contribution is -2.40. The topological polar surface area (TPSA) is 85.9 Å². The molecule has 2 aromatic heterocycles. The van der Waals surface area contributed by atoms with Gasteiger partial charge in [0.25, 0.3) is 0 Å². The number of aromatic nitrogens is 5. The van der Waals surface area contributed by atoms with E-state index in [0.717, 1.165) is 24.5 Å². The molecule has 0 radical (unpaired) electrons. The van der Waals surface area contributed by atoms with Gasteiger partial charge in [0.1, 0.15) is 12.4 Å². The monoisotopic (exact) mass is 352 g/mol. The zero-order valence-electron chi connectivity index (χ0n) is 14.2. The molecule has 0 amide bonds. The molecule has 3 heterocycles. The van der Waals surface area contributed by atoms with E-state index < -0.39 is 10.0 Å². The second-order valence-corrected chi connectivity index (χ2v) is 8.34. The Labute approximate surface area is 142 Å². The lowest BCUT2D eigenvalue weighted by atomic mass is 9.99. The van der Waals surface area contributed by atoms with E-state index in [9.17, 15) is 8.42 Å². The van der Waals surface area contributed by atoms with E-state index in [4.69, 9.17) is 0 Å². The Hall–Kier alpha value is -1.74. The molecule has 3 rings (SSSR count). The third-order valence-electron chi connectivity index (χ3n) is 4.47. The first-order chi connectivity index (χ1) is 11.5. The van der Waals surface area contributed by atoms with Gasteiger partial charge in [-0.25, -0.2) is 12.7 Å². The summed E-state index contributed by atoms with van der Waals surface area (Å²) < 4.78 is 30.1. The summed E-state index contributed by atoms with van der Waals surface area (Å²) in [5, 5.41) is 12.8. The Kier molecular flexibility index (Phi) is 5.00. The van der Waals surface area contributed by atoms with Gasteiger partial charge < -0.3 is 4.57 Å². The van der Waals surface area contributed by atoms with Crippen LogP contribution >= 0.6 is 0 Å². The van der Waals surface area contributed by atoms with Crippen molar-refractivity contribution >= 4 is 10.0 Å². The average Bonchev–Trinajstić information content (AvgIpc) is 3.19. The van der Waals surface area contributed by atoms with Crippen LogP contribution < -0.4 is 0 Å². The summed E-state index contributed by atoms with van der Waals surface area (Å²) in [6.07, 6.45) is 6.05. The molecule has 0 aliphatic carbocycles. The van der Waals surface area contributed by atoms with Gasteiger partial charge in [-0.2, -0.15) is 5.10 Å². The predicted molar refractivity (Wildman–Crippen MR) is 90.0 cm³/mol. The standard InChI is InChI=1S/C15H24N6O2S/c1-3-10-24(22,23)21-9-4-6-13(11-21)15-18-17-14(19(15)2)12-20-8-5-7-16-20/h5,7-8,13H,3-4,6,9-12H2,1-2H3. The molecule has 24 heavy (non-hydrogen) atoms. The van der Waals surface area contributed by atoms with Gasteiger partial charge in [-0.15, -0.1) is 10.2 Å². The third kappa shape index (κ3) is 3.51. The quantitative estimate of drug-likeness (QED) is 0.773. The lowest BCUT2D eigenvalue weighted by molar-refractivity contribution is 0.305. The molecule has 132 valence electrons. The molecule has 0 aromatic carbocycles. The summed E-state index contributed by atoms with van der Waals surface area (Å²) in [5.74, 6) is 1.98. The SMILES string of the molecule is CCCS(=O)(=O)N1CCCC(c2nnc(Cn3cccn3)n2C)C1. The predicted octanol–water partition coefficient (Wildman–Crippen LogP) is 0.979. The molecular weight excluding hydrogens is 328 g/mol. The van der Waals surface area contributed by atoms with Gasteiger partial charge in [0, 0.05) is 38.4 Å². The molecule has 9 heteroatoms. The molecule has 0 bridgehead atoms. The molecule has 1 unspecified atom stereocenters. The molecule has 1 aliphatic heterocycles. The second kappa shape index (κ2) is 7.02. The van der Waals surface area contributed by atoms with Crippen LogP contribution in [0.5, 0.6) is 0 Å². The number of hydrogen-bond donors (Lipinski definition) is 0. The number of hydrogen-bond acceptors (Lipinski definition) is 5. The van der Waals surface area contributed by atoms with Gasteiger partial charge in [-0.05, 0) is 25.3 Å². The third-order valence-corrected chi connectivity index (χ3v) is 6.51. The molecule has 0 saturated carbocycles. The Morgan fingerprint density at radius 3 is 2.88 bits per heavy atom. The Morgan fingerprint density at radius 2 is 2.17 bits per heavy atom. The van der Waals surface area contributed by atoms with E-state index in [2.05, 4.69) is 15.3 Å². The fraction of sp³-hybridized carbons (Fsp3) is 0.667. The molecule has 1 atom stereocenters. The van der Waals surface area contributed by atoms with Crippen molar-refractivity contribution in [1.29, 1.82) is 0 Å². The summed E-state index contributed by atoms with van der Waals surface area (Å²) in [5.41, 5.74) is 0. The van der Waals surface area contributed by atoms with Gasteiger partial charge in [0.15, 0.2) is 5.82 Å². The Morgan fingerprint density at radius 1 is 1.33 bits per heavy atom. The normalized spacial score (nSPS) is 19.7. The van der Waals surface area contributed by atoms with E-state index in [1.54, 1.807) is 15.2 Å². The van der Waals surface area contributed by atoms with Crippen LogP contribution in [0.25, 0.3) is 0 Å². The highest BCUT2D eigenvalue weighted by molar-refractivity contribution is 7.89. The summed E-state index contributed by atoms with van der Waals surface area (Å²) in [6.45, 7) is 3.55. The smallest absolute Gasteiger partial charge is 0.214 e. The van der Waals surface area contributed by atoms with Gasteiger partial charge in [-0.3, -0.25) is 4.68 Å². The van der Waals surface area contributed by atoms with Gasteiger partial charge in [0.05, 0.1) is 5.75 Å². The van der Waals surface area contributed by atoms with Crippen molar-refractivity contribution in [3.63, 3.8) is 0 Å². The largest absolute Gasteiger partial charge is 0.316 e. The molecule has 2 aromatic rings. The highest BCUT2D eigenvalue weighted by atomic mass is 32.2. The minimum Gasteiger partial charge on any atom is -0.316 e. The van der Waals surface area contributed by atoms with Crippen molar-refractivity contribution in [3.05, 3.63) is 30.1 Å². The van der Waals surface area contributed by atoms with Gasteiger partial charge in [0.2, 0.25) is 10.0 Å². The first kappa shape index (κ1) is 17.1. The molecule has 0 N–H and O–H groups in total. The lowest BCUT2D eigenvalue weighted by Gasteiger charge is -2.31. The summed E-state index contributed by atoms with van der Waals surface area (Å²) in [7, 11) is -1.22. The van der Waals surface area contributed by atoms with Crippen LogP contribution in [0.4, 0.5) is 0 Å². The summed E-state index contributed by atoms with van der Waals surface area (Å²) in [4.78, 5) is 0. The zero-order chi connectivity index (χ0) is 17.2. The summed E-state index contributed by atoms with van der Waals surface area (Å²) in [6, 6.07) is 1.87. The fourth-order valence-corrected chi connectivity index (χ4v) is 4.79. The van der Waals surface area contributed by atoms with Crippen molar-refractivity contribution in [2.45, 2.75) is 38.6 Å². The maximum absolute atomic E-state index is 12.3. The van der Waals surface area contributed by atoms with E-state index in [-0.39, 0.29) is 11.7 Å². The molecule has 1 fully saturated rings. The van der Waals surface area contributed by atoms with E-state index in [0.29, 0.717) is 26.1 Å². The Bertz CT molecular complexity index is 768. The van der Waals surface area contributed by atoms with Crippen molar-refractivity contribution in [1.82, 2.24) is 28.9 Å². The van der Waals surface area contributed by atoms with Crippen LogP contribution in [0.15, 0.2) is 18.5 Å². The number of rotatable bonds is 6. The summed E-state index contributed by atoms with van der Waals surface area (Å²) >= 11 is 0. The number of nitrogens with zero attached hydrogens (tertiary/aromatic N) is 6. The maximum Gasteiger partial charge on any atom is 0.214 e. The second-order valence-electron chi connectivity index (χ2n) is 6.25. The molecular formula is C15H24N6O2S. The van der Waals surface area contributed by atoms with E-state index in [1.807, 2.05) is 30.8 Å². The minimum atomic E-state index is -3.16. The fourth-order valence-electron chi connectivity index (χ4n) is 3.20. The van der Waals surface area contributed by atoms with Crippen LogP contribution in [-0.4, -0.2) is 56.1 Å². The van der Waals surface area contributed by atoms with Crippen LogP contribution in [0.1, 0.15) is 43.8 Å². The maximum atomic E-state index is 12.3. The number of sulfonamides is 1. The molecule has 8 nitrogen and oxygen atoms in total. The first-order valence-corrected chi connectivity index (χ1v) is 9.95. The number of piperidine rings is 1. The van der Waals surface area contributed by atoms with Crippen molar-refractivity contribution in [2.24, 2.45) is 7.05 Å². The molecule has 1 aliphatic rings. The first-order valence-electron chi connectivity index (χ1n) is 8.34. The molecule has 1 saturated heterocycles. The molecule has 0 spiro atoms. The van der Waals surface area contributed by atoms with Gasteiger partial charge in [-0.1, -0.05) is 6.92 Å².